The zero-order valence-corrected chi connectivity index (χ0v) is 18.0. The Labute approximate surface area is 188 Å². The van der Waals surface area contributed by atoms with Crippen molar-refractivity contribution in [2.75, 3.05) is 13.7 Å². The second kappa shape index (κ2) is 9.68. The molecule has 1 aliphatic rings. The van der Waals surface area contributed by atoms with E-state index in [1.54, 1.807) is 36.4 Å². The number of hydrogen-bond acceptors (Lipinski definition) is 5. The maximum Gasteiger partial charge on any atom is 0.331 e. The molecule has 0 saturated carbocycles. The molecule has 31 heavy (non-hydrogen) atoms. The molecule has 2 aromatic carbocycles. The van der Waals surface area contributed by atoms with Crippen LogP contribution in [-0.2, 0) is 16.2 Å². The van der Waals surface area contributed by atoms with Crippen LogP contribution in [0.5, 0.6) is 11.5 Å². The van der Waals surface area contributed by atoms with Gasteiger partial charge < -0.3 is 9.47 Å². The molecule has 1 N–H and O–H groups in total. The molecular formula is C22H18Cl2N2O5. The third-order valence-electron chi connectivity index (χ3n) is 4.39. The molecule has 0 bridgehead atoms. The lowest BCUT2D eigenvalue weighted by Crippen LogP contribution is -2.54. The Bertz CT molecular complexity index is 1100. The van der Waals surface area contributed by atoms with E-state index >= 15 is 0 Å². The smallest absolute Gasteiger partial charge is 0.331 e. The van der Waals surface area contributed by atoms with Gasteiger partial charge in [-0.1, -0.05) is 41.4 Å². The van der Waals surface area contributed by atoms with Crippen LogP contribution in [0.2, 0.25) is 10.0 Å². The Morgan fingerprint density at radius 2 is 1.87 bits per heavy atom. The van der Waals surface area contributed by atoms with Crippen LogP contribution in [0.1, 0.15) is 11.1 Å². The van der Waals surface area contributed by atoms with E-state index in [1.165, 1.54) is 19.3 Å². The van der Waals surface area contributed by atoms with Crippen molar-refractivity contribution in [3.63, 3.8) is 0 Å². The van der Waals surface area contributed by atoms with Crippen LogP contribution in [0.4, 0.5) is 4.79 Å². The van der Waals surface area contributed by atoms with Crippen LogP contribution in [0.15, 0.2) is 54.6 Å². The number of hydrogen-bond donors (Lipinski definition) is 1. The van der Waals surface area contributed by atoms with Gasteiger partial charge in [0.05, 0.1) is 7.11 Å². The van der Waals surface area contributed by atoms with E-state index in [2.05, 4.69) is 11.9 Å². The zero-order valence-electron chi connectivity index (χ0n) is 16.5. The van der Waals surface area contributed by atoms with Gasteiger partial charge in [-0.05, 0) is 35.9 Å². The number of amides is 4. The molecule has 0 radical (unpaired) electrons. The summed E-state index contributed by atoms with van der Waals surface area (Å²) in [5.74, 6) is -0.641. The number of carbonyl (C=O) groups is 3. The Hall–Kier alpha value is -3.29. The van der Waals surface area contributed by atoms with Crippen LogP contribution in [0.25, 0.3) is 6.08 Å². The summed E-state index contributed by atoms with van der Waals surface area (Å²) in [5.41, 5.74) is 1.08. The molecule has 1 fully saturated rings. The first kappa shape index (κ1) is 22.4. The van der Waals surface area contributed by atoms with Crippen molar-refractivity contribution in [1.29, 1.82) is 0 Å². The molecule has 0 spiro atoms. The fourth-order valence-corrected chi connectivity index (χ4v) is 3.31. The largest absolute Gasteiger partial charge is 0.493 e. The minimum Gasteiger partial charge on any atom is -0.493 e. The number of ether oxygens (including phenoxy) is 2. The topological polar surface area (TPSA) is 84.9 Å². The Balaban J connectivity index is 1.83. The third-order valence-corrected chi connectivity index (χ3v) is 4.98. The van der Waals surface area contributed by atoms with Crippen LogP contribution >= 0.6 is 23.2 Å². The Morgan fingerprint density at radius 1 is 1.10 bits per heavy atom. The molecule has 0 aromatic heterocycles. The summed E-state index contributed by atoms with van der Waals surface area (Å²) >= 11 is 12.1. The number of rotatable bonds is 7. The standard InChI is InChI=1S/C22H18Cl2N2O5/c1-3-8-26-21(28)16(20(27)25-22(26)29)9-13-4-7-18(19(10-13)30-2)31-12-14-5-6-15(23)11-17(14)24/h3-7,9-11H,1,8,12H2,2H3,(H,25,27,29)/b16-9-. The highest BCUT2D eigenvalue weighted by atomic mass is 35.5. The van der Waals surface area contributed by atoms with Gasteiger partial charge in [-0.3, -0.25) is 19.8 Å². The predicted octanol–water partition coefficient (Wildman–Crippen LogP) is 4.23. The number of carbonyl (C=O) groups excluding carboxylic acids is 3. The fourth-order valence-electron chi connectivity index (χ4n) is 2.84. The van der Waals surface area contributed by atoms with E-state index in [9.17, 15) is 14.4 Å². The van der Waals surface area contributed by atoms with Crippen LogP contribution < -0.4 is 14.8 Å². The second-order valence-corrected chi connectivity index (χ2v) is 7.30. The lowest BCUT2D eigenvalue weighted by Gasteiger charge is -2.25. The fraction of sp³-hybridized carbons (Fsp3) is 0.136. The van der Waals surface area contributed by atoms with Gasteiger partial charge in [0.25, 0.3) is 11.8 Å². The summed E-state index contributed by atoms with van der Waals surface area (Å²) in [4.78, 5) is 37.4. The average molecular weight is 461 g/mol. The highest BCUT2D eigenvalue weighted by Crippen LogP contribution is 2.31. The second-order valence-electron chi connectivity index (χ2n) is 6.46. The normalized spacial score (nSPS) is 15.1. The monoisotopic (exact) mass is 460 g/mol. The molecule has 2 aromatic rings. The van der Waals surface area contributed by atoms with Crippen molar-refractivity contribution >= 4 is 47.1 Å². The molecule has 0 aliphatic carbocycles. The number of barbiturate groups is 1. The molecule has 1 aliphatic heterocycles. The number of halogens is 2. The van der Waals surface area contributed by atoms with Crippen molar-refractivity contribution in [3.8, 4) is 11.5 Å². The summed E-state index contributed by atoms with van der Waals surface area (Å²) in [6.07, 6.45) is 2.77. The van der Waals surface area contributed by atoms with Gasteiger partial charge in [0.1, 0.15) is 12.2 Å². The zero-order chi connectivity index (χ0) is 22.5. The van der Waals surface area contributed by atoms with E-state index in [0.29, 0.717) is 27.1 Å². The van der Waals surface area contributed by atoms with E-state index in [1.807, 2.05) is 0 Å². The predicted molar refractivity (Wildman–Crippen MR) is 117 cm³/mol. The van der Waals surface area contributed by atoms with Crippen LogP contribution in [0, 0.1) is 0 Å². The molecule has 1 saturated heterocycles. The minimum atomic E-state index is -0.783. The highest BCUT2D eigenvalue weighted by molar-refractivity contribution is 6.35. The SMILES string of the molecule is C=CCN1C(=O)NC(=O)/C(=C/c2ccc(OCc3ccc(Cl)cc3Cl)c(OC)c2)C1=O. The minimum absolute atomic E-state index is 0.0152. The summed E-state index contributed by atoms with van der Waals surface area (Å²) in [7, 11) is 1.47. The van der Waals surface area contributed by atoms with E-state index in [-0.39, 0.29) is 18.7 Å². The van der Waals surface area contributed by atoms with Crippen molar-refractivity contribution in [2.24, 2.45) is 0 Å². The first-order valence-electron chi connectivity index (χ1n) is 9.08. The maximum atomic E-state index is 12.5. The van der Waals surface area contributed by atoms with E-state index < -0.39 is 17.8 Å². The number of nitrogens with one attached hydrogen (secondary N) is 1. The Kier molecular flexibility index (Phi) is 6.99. The van der Waals surface area contributed by atoms with Crippen molar-refractivity contribution in [3.05, 3.63) is 75.8 Å². The quantitative estimate of drug-likeness (QED) is 0.379. The van der Waals surface area contributed by atoms with E-state index in [4.69, 9.17) is 32.7 Å². The summed E-state index contributed by atoms with van der Waals surface area (Å²) in [5, 5.41) is 3.14. The van der Waals surface area contributed by atoms with Gasteiger partial charge in [-0.15, -0.1) is 6.58 Å². The molecule has 0 unspecified atom stereocenters. The van der Waals surface area contributed by atoms with E-state index in [0.717, 1.165) is 10.5 Å². The number of urea groups is 1. The molecule has 3 rings (SSSR count). The summed E-state index contributed by atoms with van der Waals surface area (Å²) in [6, 6.07) is 9.23. The Morgan fingerprint density at radius 3 is 2.55 bits per heavy atom. The summed E-state index contributed by atoms with van der Waals surface area (Å²) in [6.45, 7) is 3.68. The molecule has 160 valence electrons. The summed E-state index contributed by atoms with van der Waals surface area (Å²) < 4.78 is 11.2. The first-order valence-corrected chi connectivity index (χ1v) is 9.84. The molecule has 0 atom stereocenters. The number of nitrogens with zero attached hydrogens (tertiary/aromatic N) is 1. The van der Waals surface area contributed by atoms with Crippen molar-refractivity contribution in [2.45, 2.75) is 6.61 Å². The third kappa shape index (κ3) is 5.07. The van der Waals surface area contributed by atoms with Gasteiger partial charge in [0.15, 0.2) is 11.5 Å². The maximum absolute atomic E-state index is 12.5. The molecule has 1 heterocycles. The molecule has 7 nitrogen and oxygen atoms in total. The number of imide groups is 2. The first-order chi connectivity index (χ1) is 14.8. The lowest BCUT2D eigenvalue weighted by molar-refractivity contribution is -0.129. The van der Waals surface area contributed by atoms with Gasteiger partial charge in [-0.25, -0.2) is 4.79 Å². The number of methoxy groups -OCH3 is 1. The van der Waals surface area contributed by atoms with Gasteiger partial charge in [-0.2, -0.15) is 0 Å². The van der Waals surface area contributed by atoms with Gasteiger partial charge >= 0.3 is 6.03 Å². The van der Waals surface area contributed by atoms with Crippen LogP contribution in [0.3, 0.4) is 0 Å². The highest BCUT2D eigenvalue weighted by Gasteiger charge is 2.34. The van der Waals surface area contributed by atoms with Crippen molar-refractivity contribution < 1.29 is 23.9 Å². The molecule has 9 heteroatoms. The van der Waals surface area contributed by atoms with Gasteiger partial charge in [0, 0.05) is 22.2 Å². The number of benzene rings is 2. The molecular weight excluding hydrogens is 443 g/mol. The lowest BCUT2D eigenvalue weighted by atomic mass is 10.1. The average Bonchev–Trinajstić information content (AvgIpc) is 2.74. The van der Waals surface area contributed by atoms with Gasteiger partial charge in [0.2, 0.25) is 0 Å². The van der Waals surface area contributed by atoms with Crippen molar-refractivity contribution in [1.82, 2.24) is 10.2 Å². The van der Waals surface area contributed by atoms with Crippen LogP contribution in [-0.4, -0.2) is 36.4 Å². The molecule has 4 amide bonds.